The molecule has 0 aliphatic heterocycles. The first-order valence-corrected chi connectivity index (χ1v) is 6.17. The molecule has 1 aromatic rings. The number of aromatic nitrogens is 1. The monoisotopic (exact) mass is 255 g/mol. The number of nitrogens with two attached hydrogens (primary N) is 1. The Kier molecular flexibility index (Phi) is 3.39. The average Bonchev–Trinajstić information content (AvgIpc) is 3.02. The molecule has 3 N–H and O–H groups in total. The summed E-state index contributed by atoms with van der Waals surface area (Å²) in [6, 6.07) is 0.0571. The highest BCUT2D eigenvalue weighted by atomic mass is 32.1. The van der Waals surface area contributed by atoms with E-state index in [0.29, 0.717) is 17.2 Å². The first kappa shape index (κ1) is 12.0. The summed E-state index contributed by atoms with van der Waals surface area (Å²) < 4.78 is 0. The van der Waals surface area contributed by atoms with Crippen LogP contribution < -0.4 is 5.73 Å². The van der Waals surface area contributed by atoms with E-state index in [-0.39, 0.29) is 18.5 Å². The van der Waals surface area contributed by atoms with Crippen LogP contribution in [-0.2, 0) is 11.3 Å². The van der Waals surface area contributed by atoms with Gasteiger partial charge in [0, 0.05) is 18.0 Å². The third kappa shape index (κ3) is 2.80. The van der Waals surface area contributed by atoms with Crippen LogP contribution in [0.4, 0.5) is 0 Å². The van der Waals surface area contributed by atoms with Crippen molar-refractivity contribution in [2.24, 2.45) is 5.73 Å². The van der Waals surface area contributed by atoms with Crippen LogP contribution in [0.15, 0.2) is 5.38 Å². The van der Waals surface area contributed by atoms with Gasteiger partial charge in [0.15, 0.2) is 0 Å². The van der Waals surface area contributed by atoms with Crippen LogP contribution in [0.5, 0.6) is 0 Å². The van der Waals surface area contributed by atoms with Crippen molar-refractivity contribution < 1.29 is 14.7 Å². The van der Waals surface area contributed by atoms with Crippen molar-refractivity contribution in [3.63, 3.8) is 0 Å². The maximum absolute atomic E-state index is 12.1. The molecule has 1 saturated carbocycles. The molecule has 1 amide bonds. The van der Waals surface area contributed by atoms with Crippen molar-refractivity contribution in [2.45, 2.75) is 25.4 Å². The molecule has 0 radical (unpaired) electrons. The van der Waals surface area contributed by atoms with E-state index in [4.69, 9.17) is 10.8 Å². The molecule has 0 saturated heterocycles. The quantitative estimate of drug-likeness (QED) is 0.788. The van der Waals surface area contributed by atoms with Crippen LogP contribution in [0.2, 0.25) is 0 Å². The number of carbonyl (C=O) groups is 2. The van der Waals surface area contributed by atoms with Gasteiger partial charge in [0.1, 0.15) is 17.2 Å². The summed E-state index contributed by atoms with van der Waals surface area (Å²) in [5.41, 5.74) is 5.72. The molecule has 92 valence electrons. The van der Waals surface area contributed by atoms with Gasteiger partial charge in [-0.2, -0.15) is 0 Å². The van der Waals surface area contributed by atoms with E-state index in [9.17, 15) is 9.59 Å². The van der Waals surface area contributed by atoms with Crippen molar-refractivity contribution >= 4 is 23.2 Å². The second-order valence-corrected chi connectivity index (χ2v) is 4.83. The topological polar surface area (TPSA) is 96.5 Å². The van der Waals surface area contributed by atoms with Gasteiger partial charge < -0.3 is 15.7 Å². The maximum atomic E-state index is 12.1. The molecule has 0 unspecified atom stereocenters. The number of rotatable bonds is 5. The molecule has 1 aromatic heterocycles. The Morgan fingerprint density at radius 2 is 2.29 bits per heavy atom. The van der Waals surface area contributed by atoms with Crippen LogP contribution in [0, 0.1) is 0 Å². The summed E-state index contributed by atoms with van der Waals surface area (Å²) in [6.07, 6.45) is 1.74. The summed E-state index contributed by atoms with van der Waals surface area (Å²) in [6.45, 7) is 0.0271. The molecule has 1 aliphatic rings. The van der Waals surface area contributed by atoms with E-state index in [2.05, 4.69) is 4.98 Å². The number of hydrogen-bond acceptors (Lipinski definition) is 5. The summed E-state index contributed by atoms with van der Waals surface area (Å²) in [5, 5.41) is 11.1. The van der Waals surface area contributed by atoms with Gasteiger partial charge in [-0.05, 0) is 12.8 Å². The zero-order chi connectivity index (χ0) is 12.4. The normalized spacial score (nSPS) is 14.6. The van der Waals surface area contributed by atoms with Crippen LogP contribution in [0.1, 0.15) is 28.3 Å². The van der Waals surface area contributed by atoms with Crippen molar-refractivity contribution in [1.82, 2.24) is 9.88 Å². The largest absolute Gasteiger partial charge is 0.480 e. The number of nitrogens with zero attached hydrogens (tertiary/aromatic N) is 2. The third-order valence-corrected chi connectivity index (χ3v) is 3.37. The molecule has 0 aromatic carbocycles. The Bertz CT molecular complexity index is 442. The van der Waals surface area contributed by atoms with E-state index in [1.165, 1.54) is 16.2 Å². The standard InChI is InChI=1S/C10H13N3O3S/c11-3-8-12-7(5-17-8)10(16)13(4-9(14)15)6-1-2-6/h5-6H,1-4,11H2,(H,14,15). The Balaban J connectivity index is 2.12. The maximum Gasteiger partial charge on any atom is 0.323 e. The minimum absolute atomic E-state index is 0.0571. The molecule has 7 heteroatoms. The number of carbonyl (C=O) groups excluding carboxylic acids is 1. The Labute approximate surface area is 102 Å². The minimum Gasteiger partial charge on any atom is -0.480 e. The second kappa shape index (κ2) is 4.80. The van der Waals surface area contributed by atoms with Gasteiger partial charge in [-0.3, -0.25) is 9.59 Å². The number of carboxylic acid groups (broad SMARTS) is 1. The SMILES string of the molecule is NCc1nc(C(=O)N(CC(=O)O)C2CC2)cs1. The molecule has 0 bridgehead atoms. The minimum atomic E-state index is -1.00. The lowest BCUT2D eigenvalue weighted by atomic mass is 10.3. The van der Waals surface area contributed by atoms with E-state index in [1.807, 2.05) is 0 Å². The average molecular weight is 255 g/mol. The first-order valence-electron chi connectivity index (χ1n) is 5.29. The molecular weight excluding hydrogens is 242 g/mol. The Hall–Kier alpha value is -1.47. The highest BCUT2D eigenvalue weighted by Gasteiger charge is 2.35. The van der Waals surface area contributed by atoms with Gasteiger partial charge in [-0.25, -0.2) is 4.98 Å². The summed E-state index contributed by atoms with van der Waals surface area (Å²) in [7, 11) is 0. The van der Waals surface area contributed by atoms with Crippen molar-refractivity contribution in [2.75, 3.05) is 6.54 Å². The summed E-state index contributed by atoms with van der Waals surface area (Å²) in [5.74, 6) is -1.31. The van der Waals surface area contributed by atoms with E-state index in [1.54, 1.807) is 5.38 Å². The number of carboxylic acids is 1. The van der Waals surface area contributed by atoms with Crippen molar-refractivity contribution in [3.05, 3.63) is 16.1 Å². The molecule has 6 nitrogen and oxygen atoms in total. The molecule has 0 atom stereocenters. The molecule has 1 fully saturated rings. The van der Waals surface area contributed by atoms with Crippen LogP contribution >= 0.6 is 11.3 Å². The molecule has 1 aliphatic carbocycles. The van der Waals surface area contributed by atoms with Gasteiger partial charge in [0.25, 0.3) is 5.91 Å². The van der Waals surface area contributed by atoms with Gasteiger partial charge in [-0.15, -0.1) is 11.3 Å². The first-order chi connectivity index (χ1) is 8.11. The zero-order valence-corrected chi connectivity index (χ0v) is 9.94. The fraction of sp³-hybridized carbons (Fsp3) is 0.500. The van der Waals surface area contributed by atoms with Gasteiger partial charge >= 0.3 is 5.97 Å². The smallest absolute Gasteiger partial charge is 0.323 e. The highest BCUT2D eigenvalue weighted by Crippen LogP contribution is 2.28. The summed E-state index contributed by atoms with van der Waals surface area (Å²) in [4.78, 5) is 28.2. The predicted octanol–water partition coefficient (Wildman–Crippen LogP) is 0.291. The fourth-order valence-electron chi connectivity index (χ4n) is 1.55. The van der Waals surface area contributed by atoms with Crippen LogP contribution in [0.25, 0.3) is 0 Å². The molecule has 1 heterocycles. The lowest BCUT2D eigenvalue weighted by Crippen LogP contribution is -2.37. The molecule has 2 rings (SSSR count). The third-order valence-electron chi connectivity index (χ3n) is 2.50. The van der Waals surface area contributed by atoms with E-state index in [0.717, 1.165) is 12.8 Å². The Morgan fingerprint density at radius 1 is 1.59 bits per heavy atom. The highest BCUT2D eigenvalue weighted by molar-refractivity contribution is 7.09. The van der Waals surface area contributed by atoms with Crippen molar-refractivity contribution in [1.29, 1.82) is 0 Å². The predicted molar refractivity (Wildman–Crippen MR) is 61.7 cm³/mol. The molecular formula is C10H13N3O3S. The van der Waals surface area contributed by atoms with Gasteiger partial charge in [0.2, 0.25) is 0 Å². The second-order valence-electron chi connectivity index (χ2n) is 3.89. The van der Waals surface area contributed by atoms with E-state index >= 15 is 0 Å². The van der Waals surface area contributed by atoms with Gasteiger partial charge in [-0.1, -0.05) is 0 Å². The Morgan fingerprint density at radius 3 is 2.76 bits per heavy atom. The number of aliphatic carboxylic acids is 1. The lowest BCUT2D eigenvalue weighted by Gasteiger charge is -2.18. The van der Waals surface area contributed by atoms with Crippen LogP contribution in [0.3, 0.4) is 0 Å². The van der Waals surface area contributed by atoms with Crippen molar-refractivity contribution in [3.8, 4) is 0 Å². The summed E-state index contributed by atoms with van der Waals surface area (Å²) >= 11 is 1.32. The number of amides is 1. The van der Waals surface area contributed by atoms with E-state index < -0.39 is 5.97 Å². The zero-order valence-electron chi connectivity index (χ0n) is 9.13. The van der Waals surface area contributed by atoms with Gasteiger partial charge in [0.05, 0.1) is 0 Å². The lowest BCUT2D eigenvalue weighted by molar-refractivity contribution is -0.137. The number of hydrogen-bond donors (Lipinski definition) is 2. The van der Waals surface area contributed by atoms with Crippen LogP contribution in [-0.4, -0.2) is 39.5 Å². The number of thiazole rings is 1. The molecule has 17 heavy (non-hydrogen) atoms. The molecule has 0 spiro atoms. The fourth-order valence-corrected chi connectivity index (χ4v) is 2.20.